The zero-order valence-electron chi connectivity index (χ0n) is 12.0. The number of carbonyl (C=O) groups is 1. The molecular weight excluding hydrogens is 286 g/mol. The number of imidazole rings is 1. The Morgan fingerprint density at radius 1 is 1.36 bits per heavy atom. The number of aromatic nitrogens is 4. The summed E-state index contributed by atoms with van der Waals surface area (Å²) in [6, 6.07) is 7.59. The van der Waals surface area contributed by atoms with E-state index < -0.39 is 0 Å². The van der Waals surface area contributed by atoms with Crippen LogP contribution in [0.25, 0.3) is 22.6 Å². The summed E-state index contributed by atoms with van der Waals surface area (Å²) >= 11 is 0. The minimum absolute atomic E-state index is 0.160. The van der Waals surface area contributed by atoms with Crippen LogP contribution in [0, 0.1) is 0 Å². The van der Waals surface area contributed by atoms with Crippen LogP contribution in [0.2, 0.25) is 0 Å². The highest BCUT2D eigenvalue weighted by Crippen LogP contribution is 2.26. The molecule has 0 aliphatic heterocycles. The topological polar surface area (TPSA) is 109 Å². The van der Waals surface area contributed by atoms with Crippen molar-refractivity contribution in [1.82, 2.24) is 19.9 Å². The lowest BCUT2D eigenvalue weighted by Crippen LogP contribution is -2.10. The molecule has 22 heavy (non-hydrogen) atoms. The number of hydrogen-bond donors (Lipinski definition) is 1. The first-order valence-corrected chi connectivity index (χ1v) is 6.90. The highest BCUT2D eigenvalue weighted by molar-refractivity contribution is 5.81. The van der Waals surface area contributed by atoms with Crippen LogP contribution in [0.5, 0.6) is 0 Å². The molecule has 0 amide bonds. The number of carbonyl (C=O) groups excluding carboxylic acids is 1. The molecule has 1 aromatic carbocycles. The number of nitrogens with two attached hydrogens (primary N) is 1. The van der Waals surface area contributed by atoms with E-state index >= 15 is 0 Å². The predicted molar refractivity (Wildman–Crippen MR) is 78.7 cm³/mol. The minimum Gasteiger partial charge on any atom is -0.466 e. The normalized spacial score (nSPS) is 11.0. The number of rotatable bonds is 5. The molecule has 0 spiro atoms. The number of esters is 1. The number of aryl methyl sites for hydroxylation is 1. The lowest BCUT2D eigenvalue weighted by atomic mass is 10.3. The molecule has 0 saturated heterocycles. The average Bonchev–Trinajstić information content (AvgIpc) is 3.08. The second-order valence-electron chi connectivity index (χ2n) is 4.63. The van der Waals surface area contributed by atoms with Gasteiger partial charge < -0.3 is 15.0 Å². The first-order chi connectivity index (χ1) is 10.7. The van der Waals surface area contributed by atoms with Crippen LogP contribution in [0.4, 0.5) is 5.82 Å². The van der Waals surface area contributed by atoms with Gasteiger partial charge in [0.05, 0.1) is 24.1 Å². The summed E-state index contributed by atoms with van der Waals surface area (Å²) in [5, 5.41) is 7.37. The highest BCUT2D eigenvalue weighted by Gasteiger charge is 2.19. The van der Waals surface area contributed by atoms with E-state index in [0.29, 0.717) is 24.7 Å². The summed E-state index contributed by atoms with van der Waals surface area (Å²) < 4.78 is 11.5. The molecular formula is C14H15N5O3. The molecule has 0 bridgehead atoms. The standard InChI is InChI=1S/C14H15N5O3/c1-2-21-11(20)7-8-19-10-6-4-3-5-9(10)16-14(19)12-13(15)18-22-17-12/h3-6H,2,7-8H2,1H3,(H2,15,18). The van der Waals surface area contributed by atoms with Crippen LogP contribution < -0.4 is 5.73 Å². The van der Waals surface area contributed by atoms with E-state index in [1.165, 1.54) is 0 Å². The van der Waals surface area contributed by atoms with Crippen molar-refractivity contribution in [3.8, 4) is 11.5 Å². The van der Waals surface area contributed by atoms with Crippen molar-refractivity contribution in [2.24, 2.45) is 0 Å². The van der Waals surface area contributed by atoms with Crippen LogP contribution in [0.1, 0.15) is 13.3 Å². The van der Waals surface area contributed by atoms with E-state index in [9.17, 15) is 4.79 Å². The maximum absolute atomic E-state index is 11.6. The Hall–Kier alpha value is -2.90. The van der Waals surface area contributed by atoms with E-state index in [4.69, 9.17) is 10.5 Å². The average molecular weight is 301 g/mol. The van der Waals surface area contributed by atoms with Gasteiger partial charge in [0.1, 0.15) is 0 Å². The van der Waals surface area contributed by atoms with Gasteiger partial charge in [-0.1, -0.05) is 12.1 Å². The molecule has 0 radical (unpaired) electrons. The summed E-state index contributed by atoms with van der Waals surface area (Å²) in [6.45, 7) is 2.54. The number of nitrogen functional groups attached to an aromatic ring is 1. The Kier molecular flexibility index (Phi) is 3.73. The fourth-order valence-corrected chi connectivity index (χ4v) is 2.27. The molecule has 2 N–H and O–H groups in total. The van der Waals surface area contributed by atoms with E-state index in [1.54, 1.807) is 6.92 Å². The summed E-state index contributed by atoms with van der Waals surface area (Å²) in [5.74, 6) is 0.412. The second-order valence-corrected chi connectivity index (χ2v) is 4.63. The van der Waals surface area contributed by atoms with Crippen LogP contribution in [0.15, 0.2) is 28.9 Å². The van der Waals surface area contributed by atoms with Gasteiger partial charge >= 0.3 is 5.97 Å². The number of para-hydroxylation sites is 2. The first-order valence-electron chi connectivity index (χ1n) is 6.90. The third-order valence-electron chi connectivity index (χ3n) is 3.23. The molecule has 0 aliphatic carbocycles. The minimum atomic E-state index is -0.266. The SMILES string of the molecule is CCOC(=O)CCn1c(-c2nonc2N)nc2ccccc21. The zero-order chi connectivity index (χ0) is 15.5. The smallest absolute Gasteiger partial charge is 0.307 e. The van der Waals surface area contributed by atoms with Crippen molar-refractivity contribution in [3.05, 3.63) is 24.3 Å². The van der Waals surface area contributed by atoms with Gasteiger partial charge in [-0.2, -0.15) is 0 Å². The van der Waals surface area contributed by atoms with E-state index in [-0.39, 0.29) is 18.2 Å². The molecule has 8 heteroatoms. The lowest BCUT2D eigenvalue weighted by Gasteiger charge is -2.07. The van der Waals surface area contributed by atoms with Gasteiger partial charge in [-0.05, 0) is 29.4 Å². The quantitative estimate of drug-likeness (QED) is 0.713. The number of nitrogens with zero attached hydrogens (tertiary/aromatic N) is 4. The number of ether oxygens (including phenoxy) is 1. The van der Waals surface area contributed by atoms with Crippen molar-refractivity contribution in [2.75, 3.05) is 12.3 Å². The molecule has 2 aromatic heterocycles. The molecule has 0 unspecified atom stereocenters. The molecule has 0 atom stereocenters. The molecule has 114 valence electrons. The lowest BCUT2D eigenvalue weighted by molar-refractivity contribution is -0.143. The van der Waals surface area contributed by atoms with Crippen LogP contribution in [-0.4, -0.2) is 32.4 Å². The zero-order valence-corrected chi connectivity index (χ0v) is 12.0. The van der Waals surface area contributed by atoms with Gasteiger partial charge in [-0.25, -0.2) is 9.61 Å². The first kappa shape index (κ1) is 14.1. The van der Waals surface area contributed by atoms with Gasteiger partial charge in [0.2, 0.25) is 0 Å². The van der Waals surface area contributed by atoms with Crippen LogP contribution in [0.3, 0.4) is 0 Å². The van der Waals surface area contributed by atoms with Gasteiger partial charge in [-0.15, -0.1) is 0 Å². The van der Waals surface area contributed by atoms with Crippen molar-refractivity contribution in [1.29, 1.82) is 0 Å². The Bertz CT molecular complexity index is 808. The molecule has 3 rings (SSSR count). The fourth-order valence-electron chi connectivity index (χ4n) is 2.27. The highest BCUT2D eigenvalue weighted by atomic mass is 16.6. The van der Waals surface area contributed by atoms with Crippen molar-refractivity contribution in [2.45, 2.75) is 19.9 Å². The van der Waals surface area contributed by atoms with Crippen LogP contribution >= 0.6 is 0 Å². The summed E-state index contributed by atoms with van der Waals surface area (Å²) in [4.78, 5) is 16.1. The monoisotopic (exact) mass is 301 g/mol. The van der Waals surface area contributed by atoms with Crippen molar-refractivity contribution >= 4 is 22.8 Å². The second kappa shape index (κ2) is 5.84. The summed E-state index contributed by atoms with van der Waals surface area (Å²) in [7, 11) is 0. The number of hydrogen-bond acceptors (Lipinski definition) is 7. The largest absolute Gasteiger partial charge is 0.466 e. The number of anilines is 1. The van der Waals surface area contributed by atoms with Crippen molar-refractivity contribution in [3.63, 3.8) is 0 Å². The Morgan fingerprint density at radius 2 is 2.18 bits per heavy atom. The molecule has 0 fully saturated rings. The fraction of sp³-hybridized carbons (Fsp3) is 0.286. The third-order valence-corrected chi connectivity index (χ3v) is 3.23. The van der Waals surface area contributed by atoms with Crippen LogP contribution in [-0.2, 0) is 16.1 Å². The molecule has 3 aromatic rings. The molecule has 2 heterocycles. The molecule has 8 nitrogen and oxygen atoms in total. The van der Waals surface area contributed by atoms with Gasteiger partial charge in [0.15, 0.2) is 17.3 Å². The van der Waals surface area contributed by atoms with Gasteiger partial charge in [0.25, 0.3) is 0 Å². The Labute approximate surface area is 125 Å². The van der Waals surface area contributed by atoms with E-state index in [1.807, 2.05) is 28.8 Å². The van der Waals surface area contributed by atoms with Gasteiger partial charge in [-0.3, -0.25) is 4.79 Å². The third kappa shape index (κ3) is 2.50. The summed E-state index contributed by atoms with van der Waals surface area (Å²) in [6.07, 6.45) is 0.229. The maximum Gasteiger partial charge on any atom is 0.307 e. The number of benzene rings is 1. The Balaban J connectivity index is 2.02. The Morgan fingerprint density at radius 3 is 2.91 bits per heavy atom. The predicted octanol–water partition coefficient (Wildman–Crippen LogP) is 1.62. The number of fused-ring (bicyclic) bond motifs is 1. The van der Waals surface area contributed by atoms with E-state index in [0.717, 1.165) is 11.0 Å². The molecule has 0 saturated carbocycles. The maximum atomic E-state index is 11.6. The summed E-state index contributed by atoms with van der Waals surface area (Å²) in [5.41, 5.74) is 7.78. The molecule has 0 aliphatic rings. The van der Waals surface area contributed by atoms with E-state index in [2.05, 4.69) is 19.9 Å². The van der Waals surface area contributed by atoms with Crippen molar-refractivity contribution < 1.29 is 14.2 Å². The van der Waals surface area contributed by atoms with Gasteiger partial charge in [0, 0.05) is 6.54 Å².